The Bertz CT molecular complexity index is 665. The Labute approximate surface area is 124 Å². The van der Waals surface area contributed by atoms with Crippen molar-refractivity contribution in [2.75, 3.05) is 13.6 Å². The Hall–Kier alpha value is -1.14. The summed E-state index contributed by atoms with van der Waals surface area (Å²) in [6.45, 7) is 7.19. The number of hydrogen-bond acceptors (Lipinski definition) is 3. The number of piperidine rings is 1. The molecule has 0 amide bonds. The molecule has 20 heavy (non-hydrogen) atoms. The predicted molar refractivity (Wildman–Crippen MR) is 83.6 cm³/mol. The van der Waals surface area contributed by atoms with Crippen LogP contribution in [0.25, 0.3) is 11.2 Å². The van der Waals surface area contributed by atoms with E-state index >= 15 is 0 Å². The number of likely N-dealkylation sites (N-methyl/N-ethyl adjacent to an activating group) is 1. The second-order valence-electron chi connectivity index (χ2n) is 5.77. The molecular formula is C14H23N5S. The molecule has 0 bridgehead atoms. The standard InChI is InChI=1S/C14H23N5S/c1-4-19-13-12(10(2)16-19)15-14(20)18(13)9-11-7-5-6-8-17(11)3/h11H,4-9H2,1-3H3,(H,15,20). The zero-order valence-corrected chi connectivity index (χ0v) is 13.3. The fourth-order valence-corrected chi connectivity index (χ4v) is 3.50. The molecule has 0 radical (unpaired) electrons. The maximum Gasteiger partial charge on any atom is 0.179 e. The fraction of sp³-hybridized carbons (Fsp3) is 0.714. The molecule has 0 saturated carbocycles. The Morgan fingerprint density at radius 2 is 2.20 bits per heavy atom. The van der Waals surface area contributed by atoms with E-state index in [2.05, 4.69) is 38.2 Å². The number of nitrogens with one attached hydrogen (secondary N) is 1. The second-order valence-corrected chi connectivity index (χ2v) is 6.16. The molecule has 1 fully saturated rings. The third-order valence-electron chi connectivity index (χ3n) is 4.45. The van der Waals surface area contributed by atoms with E-state index < -0.39 is 0 Å². The van der Waals surface area contributed by atoms with Crippen LogP contribution >= 0.6 is 12.2 Å². The quantitative estimate of drug-likeness (QED) is 0.885. The normalized spacial score (nSPS) is 20.9. The summed E-state index contributed by atoms with van der Waals surface area (Å²) in [5.74, 6) is 0. The van der Waals surface area contributed by atoms with Crippen molar-refractivity contribution in [3.63, 3.8) is 0 Å². The van der Waals surface area contributed by atoms with Crippen LogP contribution in [0.15, 0.2) is 0 Å². The number of aryl methyl sites for hydroxylation is 2. The molecule has 1 unspecified atom stereocenters. The van der Waals surface area contributed by atoms with Crippen molar-refractivity contribution in [2.24, 2.45) is 0 Å². The van der Waals surface area contributed by atoms with Gasteiger partial charge in [-0.25, -0.2) is 4.68 Å². The highest BCUT2D eigenvalue weighted by atomic mass is 32.1. The number of rotatable bonds is 3. The van der Waals surface area contributed by atoms with Crippen LogP contribution in [0.1, 0.15) is 31.9 Å². The van der Waals surface area contributed by atoms with Gasteiger partial charge in [-0.15, -0.1) is 0 Å². The van der Waals surface area contributed by atoms with Crippen LogP contribution in [0.2, 0.25) is 0 Å². The maximum atomic E-state index is 5.53. The Balaban J connectivity index is 2.02. The number of H-pyrrole nitrogens is 1. The SMILES string of the molecule is CCn1nc(C)c2[nH]c(=S)n(CC3CCCCN3C)c21. The number of nitrogens with zero attached hydrogens (tertiary/aromatic N) is 4. The predicted octanol–water partition coefficient (Wildman–Crippen LogP) is 2.71. The lowest BCUT2D eigenvalue weighted by atomic mass is 10.0. The largest absolute Gasteiger partial charge is 0.328 e. The van der Waals surface area contributed by atoms with Crippen molar-refractivity contribution in [2.45, 2.75) is 52.2 Å². The molecule has 5 nitrogen and oxygen atoms in total. The topological polar surface area (TPSA) is 41.8 Å². The highest BCUT2D eigenvalue weighted by Gasteiger charge is 2.22. The minimum atomic E-state index is 0.579. The average Bonchev–Trinajstić information content (AvgIpc) is 2.91. The maximum absolute atomic E-state index is 5.53. The molecule has 1 atom stereocenters. The summed E-state index contributed by atoms with van der Waals surface area (Å²) in [7, 11) is 2.22. The van der Waals surface area contributed by atoms with E-state index in [1.165, 1.54) is 25.8 Å². The summed E-state index contributed by atoms with van der Waals surface area (Å²) < 4.78 is 5.11. The molecule has 110 valence electrons. The summed E-state index contributed by atoms with van der Waals surface area (Å²) in [6, 6.07) is 0.579. The second kappa shape index (κ2) is 5.33. The number of fused-ring (bicyclic) bond motifs is 1. The third-order valence-corrected chi connectivity index (χ3v) is 4.77. The summed E-state index contributed by atoms with van der Waals surface area (Å²) in [6.07, 6.45) is 3.89. The van der Waals surface area contributed by atoms with Gasteiger partial charge in [-0.2, -0.15) is 5.10 Å². The molecule has 0 aliphatic carbocycles. The fourth-order valence-electron chi connectivity index (χ4n) is 3.24. The van der Waals surface area contributed by atoms with Crippen LogP contribution in [-0.4, -0.2) is 43.9 Å². The first-order valence-electron chi connectivity index (χ1n) is 7.48. The van der Waals surface area contributed by atoms with Crippen LogP contribution in [-0.2, 0) is 13.1 Å². The van der Waals surface area contributed by atoms with Crippen LogP contribution < -0.4 is 0 Å². The average molecular weight is 293 g/mol. The smallest absolute Gasteiger partial charge is 0.179 e. The van der Waals surface area contributed by atoms with Gasteiger partial charge in [0.1, 0.15) is 5.52 Å². The van der Waals surface area contributed by atoms with E-state index in [0.29, 0.717) is 6.04 Å². The van der Waals surface area contributed by atoms with Gasteiger partial charge in [0.05, 0.1) is 5.69 Å². The molecular weight excluding hydrogens is 270 g/mol. The van der Waals surface area contributed by atoms with Gasteiger partial charge >= 0.3 is 0 Å². The van der Waals surface area contributed by atoms with Crippen molar-refractivity contribution in [3.05, 3.63) is 10.5 Å². The van der Waals surface area contributed by atoms with Gasteiger partial charge in [0.25, 0.3) is 0 Å². The number of aromatic nitrogens is 4. The molecule has 6 heteroatoms. The van der Waals surface area contributed by atoms with E-state index in [1.54, 1.807) is 0 Å². The van der Waals surface area contributed by atoms with Gasteiger partial charge in [-0.05, 0) is 52.5 Å². The van der Waals surface area contributed by atoms with Crippen molar-refractivity contribution in [3.8, 4) is 0 Å². The first-order valence-corrected chi connectivity index (χ1v) is 7.88. The van der Waals surface area contributed by atoms with Crippen LogP contribution in [0.3, 0.4) is 0 Å². The third kappa shape index (κ3) is 2.20. The number of imidazole rings is 1. The molecule has 3 heterocycles. The minimum absolute atomic E-state index is 0.579. The molecule has 3 rings (SSSR count). The molecule has 0 aromatic carbocycles. The zero-order valence-electron chi connectivity index (χ0n) is 12.5. The lowest BCUT2D eigenvalue weighted by molar-refractivity contribution is 0.168. The first-order chi connectivity index (χ1) is 9.61. The highest BCUT2D eigenvalue weighted by Crippen LogP contribution is 2.22. The van der Waals surface area contributed by atoms with E-state index in [-0.39, 0.29) is 0 Å². The van der Waals surface area contributed by atoms with E-state index in [4.69, 9.17) is 12.2 Å². The van der Waals surface area contributed by atoms with Gasteiger partial charge in [0.2, 0.25) is 0 Å². The number of aromatic amines is 1. The van der Waals surface area contributed by atoms with Crippen molar-refractivity contribution < 1.29 is 0 Å². The van der Waals surface area contributed by atoms with Gasteiger partial charge < -0.3 is 14.5 Å². The molecule has 2 aromatic rings. The molecule has 1 aliphatic heterocycles. The van der Waals surface area contributed by atoms with Crippen molar-refractivity contribution in [1.82, 2.24) is 24.2 Å². The van der Waals surface area contributed by atoms with Gasteiger partial charge in [-0.1, -0.05) is 6.42 Å². The first kappa shape index (κ1) is 13.8. The monoisotopic (exact) mass is 293 g/mol. The highest BCUT2D eigenvalue weighted by molar-refractivity contribution is 7.71. The summed E-state index contributed by atoms with van der Waals surface area (Å²) >= 11 is 5.53. The van der Waals surface area contributed by atoms with Gasteiger partial charge in [0, 0.05) is 19.1 Å². The van der Waals surface area contributed by atoms with E-state index in [0.717, 1.165) is 34.7 Å². The van der Waals surface area contributed by atoms with Crippen LogP contribution in [0, 0.1) is 11.7 Å². The van der Waals surface area contributed by atoms with Crippen molar-refractivity contribution in [1.29, 1.82) is 0 Å². The zero-order chi connectivity index (χ0) is 14.3. The summed E-state index contributed by atoms with van der Waals surface area (Å²) in [5, 5.41) is 4.59. The minimum Gasteiger partial charge on any atom is -0.328 e. The van der Waals surface area contributed by atoms with Gasteiger partial charge in [-0.3, -0.25) is 0 Å². The number of hydrogen-bond donors (Lipinski definition) is 1. The Morgan fingerprint density at radius 3 is 2.90 bits per heavy atom. The Morgan fingerprint density at radius 1 is 1.40 bits per heavy atom. The Kier molecular flexibility index (Phi) is 3.69. The number of likely N-dealkylation sites (tertiary alicyclic amines) is 1. The molecule has 1 aliphatic rings. The lowest BCUT2D eigenvalue weighted by Crippen LogP contribution is -2.39. The van der Waals surface area contributed by atoms with Crippen LogP contribution in [0.4, 0.5) is 0 Å². The molecule has 2 aromatic heterocycles. The van der Waals surface area contributed by atoms with Crippen LogP contribution in [0.5, 0.6) is 0 Å². The van der Waals surface area contributed by atoms with Crippen molar-refractivity contribution >= 4 is 23.4 Å². The lowest BCUT2D eigenvalue weighted by Gasteiger charge is -2.32. The van der Waals surface area contributed by atoms with E-state index in [1.807, 2.05) is 6.92 Å². The van der Waals surface area contributed by atoms with Gasteiger partial charge in [0.15, 0.2) is 10.4 Å². The molecule has 1 N–H and O–H groups in total. The van der Waals surface area contributed by atoms with E-state index in [9.17, 15) is 0 Å². The molecule has 1 saturated heterocycles. The summed E-state index contributed by atoms with van der Waals surface area (Å²) in [4.78, 5) is 5.79. The molecule has 0 spiro atoms. The summed E-state index contributed by atoms with van der Waals surface area (Å²) in [5.41, 5.74) is 3.27.